The fourth-order valence-corrected chi connectivity index (χ4v) is 3.50. The Hall–Kier alpha value is -1.51. The predicted molar refractivity (Wildman–Crippen MR) is 90.6 cm³/mol. The number of rotatable bonds is 3. The second-order valence-electron chi connectivity index (χ2n) is 5.67. The molecule has 1 aliphatic rings. The summed E-state index contributed by atoms with van der Waals surface area (Å²) in [6.07, 6.45) is 3.12. The predicted octanol–water partition coefficient (Wildman–Crippen LogP) is 4.31. The highest BCUT2D eigenvalue weighted by Crippen LogP contribution is 2.41. The Balaban J connectivity index is 2.16. The molecule has 2 N–H and O–H groups in total. The zero-order chi connectivity index (χ0) is 14.8. The molecule has 1 unspecified atom stereocenters. The maximum atomic E-state index is 6.55. The summed E-state index contributed by atoms with van der Waals surface area (Å²) in [6, 6.07) is 15.2. The Morgan fingerprint density at radius 1 is 1.19 bits per heavy atom. The van der Waals surface area contributed by atoms with Crippen LogP contribution in [-0.2, 0) is 12.8 Å². The Morgan fingerprint density at radius 3 is 2.81 bits per heavy atom. The summed E-state index contributed by atoms with van der Waals surface area (Å²) < 4.78 is 0. The molecule has 0 aliphatic carbocycles. The van der Waals surface area contributed by atoms with Gasteiger partial charge in [0.1, 0.15) is 0 Å². The number of aryl methyl sites for hydroxylation is 1. The van der Waals surface area contributed by atoms with Crippen LogP contribution in [0.15, 0.2) is 42.5 Å². The minimum Gasteiger partial charge on any atom is -0.337 e. The van der Waals surface area contributed by atoms with E-state index in [-0.39, 0.29) is 0 Å². The molecule has 0 radical (unpaired) electrons. The average Bonchev–Trinajstić information content (AvgIpc) is 2.49. The van der Waals surface area contributed by atoms with Gasteiger partial charge in [-0.25, -0.2) is 0 Å². The average molecular weight is 301 g/mol. The number of benzene rings is 2. The van der Waals surface area contributed by atoms with Crippen molar-refractivity contribution in [3.05, 3.63) is 58.6 Å². The van der Waals surface area contributed by atoms with E-state index in [1.54, 1.807) is 0 Å². The van der Waals surface area contributed by atoms with E-state index in [2.05, 4.69) is 42.2 Å². The van der Waals surface area contributed by atoms with Gasteiger partial charge in [0.2, 0.25) is 0 Å². The zero-order valence-electron chi connectivity index (χ0n) is 12.3. The van der Waals surface area contributed by atoms with Gasteiger partial charge in [0, 0.05) is 11.7 Å². The lowest BCUT2D eigenvalue weighted by atomic mass is 9.94. The van der Waals surface area contributed by atoms with E-state index in [4.69, 9.17) is 17.3 Å². The molecule has 3 rings (SSSR count). The first-order valence-electron chi connectivity index (χ1n) is 7.57. The molecule has 0 aromatic heterocycles. The Morgan fingerprint density at radius 2 is 2.00 bits per heavy atom. The number of hydrogen-bond acceptors (Lipinski definition) is 2. The quantitative estimate of drug-likeness (QED) is 0.915. The molecule has 0 saturated heterocycles. The summed E-state index contributed by atoms with van der Waals surface area (Å²) in [5.74, 6) is 0. The monoisotopic (exact) mass is 300 g/mol. The maximum Gasteiger partial charge on any atom is 0.0646 e. The van der Waals surface area contributed by atoms with Crippen molar-refractivity contribution in [2.24, 2.45) is 5.73 Å². The van der Waals surface area contributed by atoms with Gasteiger partial charge in [0.15, 0.2) is 0 Å². The van der Waals surface area contributed by atoms with Crippen molar-refractivity contribution in [3.8, 4) is 0 Å². The van der Waals surface area contributed by atoms with Gasteiger partial charge < -0.3 is 10.6 Å². The van der Waals surface area contributed by atoms with Gasteiger partial charge in [-0.15, -0.1) is 0 Å². The third-order valence-corrected chi connectivity index (χ3v) is 4.55. The van der Waals surface area contributed by atoms with Gasteiger partial charge in [-0.2, -0.15) is 0 Å². The van der Waals surface area contributed by atoms with Gasteiger partial charge in [-0.1, -0.05) is 41.9 Å². The fraction of sp³-hybridized carbons (Fsp3) is 0.333. The molecule has 110 valence electrons. The summed E-state index contributed by atoms with van der Waals surface area (Å²) in [7, 11) is 0. The van der Waals surface area contributed by atoms with Crippen LogP contribution in [0.5, 0.6) is 0 Å². The molecular weight excluding hydrogens is 280 g/mol. The van der Waals surface area contributed by atoms with Crippen molar-refractivity contribution in [2.45, 2.75) is 32.2 Å². The summed E-state index contributed by atoms with van der Waals surface area (Å²) in [5, 5.41) is 0.810. The molecule has 0 saturated carbocycles. The molecule has 2 aromatic rings. The van der Waals surface area contributed by atoms with Gasteiger partial charge in [-0.3, -0.25) is 0 Å². The molecule has 1 aliphatic heterocycles. The van der Waals surface area contributed by atoms with Gasteiger partial charge in [0.05, 0.1) is 10.7 Å². The number of nitrogens with zero attached hydrogens (tertiary/aromatic N) is 1. The van der Waals surface area contributed by atoms with Crippen LogP contribution in [0.1, 0.15) is 24.5 Å². The van der Waals surface area contributed by atoms with Crippen LogP contribution < -0.4 is 10.6 Å². The van der Waals surface area contributed by atoms with E-state index in [1.165, 1.54) is 16.8 Å². The molecule has 1 heterocycles. The molecule has 3 heteroatoms. The fourth-order valence-electron chi connectivity index (χ4n) is 3.22. The van der Waals surface area contributed by atoms with E-state index in [1.807, 2.05) is 12.1 Å². The highest BCUT2D eigenvalue weighted by atomic mass is 35.5. The van der Waals surface area contributed by atoms with Crippen LogP contribution in [0.2, 0.25) is 5.02 Å². The van der Waals surface area contributed by atoms with Crippen LogP contribution in [0.4, 0.5) is 11.4 Å². The van der Waals surface area contributed by atoms with Crippen LogP contribution >= 0.6 is 11.6 Å². The minimum absolute atomic E-state index is 0.441. The lowest BCUT2D eigenvalue weighted by Crippen LogP contribution is -2.34. The lowest BCUT2D eigenvalue weighted by molar-refractivity contribution is 0.616. The molecular formula is C18H21ClN2. The molecule has 21 heavy (non-hydrogen) atoms. The SMILES string of the molecule is CC1CCc2ccccc2N1c1c(Cl)cccc1CCN. The van der Waals surface area contributed by atoms with E-state index < -0.39 is 0 Å². The lowest BCUT2D eigenvalue weighted by Gasteiger charge is -2.38. The molecule has 2 aromatic carbocycles. The molecule has 0 fully saturated rings. The Bertz CT molecular complexity index is 639. The van der Waals surface area contributed by atoms with Crippen LogP contribution in [0, 0.1) is 0 Å². The number of fused-ring (bicyclic) bond motifs is 1. The third-order valence-electron chi connectivity index (χ3n) is 4.25. The smallest absolute Gasteiger partial charge is 0.0646 e. The largest absolute Gasteiger partial charge is 0.337 e. The number of halogens is 1. The molecule has 0 bridgehead atoms. The molecule has 0 amide bonds. The van der Waals surface area contributed by atoms with Crippen molar-refractivity contribution in [3.63, 3.8) is 0 Å². The van der Waals surface area contributed by atoms with Gasteiger partial charge in [0.25, 0.3) is 0 Å². The van der Waals surface area contributed by atoms with Gasteiger partial charge >= 0.3 is 0 Å². The molecule has 2 nitrogen and oxygen atoms in total. The normalized spacial score (nSPS) is 17.7. The number of anilines is 2. The highest BCUT2D eigenvalue weighted by molar-refractivity contribution is 6.33. The van der Waals surface area contributed by atoms with Crippen LogP contribution in [0.25, 0.3) is 0 Å². The standard InChI is InChI=1S/C18H21ClN2/c1-13-9-10-14-5-2-3-8-17(14)21(13)18-15(11-12-20)6-4-7-16(18)19/h2-8,13H,9-12,20H2,1H3. The first-order chi connectivity index (χ1) is 10.2. The summed E-state index contributed by atoms with van der Waals surface area (Å²) in [4.78, 5) is 2.40. The highest BCUT2D eigenvalue weighted by Gasteiger charge is 2.27. The number of hydrogen-bond donors (Lipinski definition) is 1. The minimum atomic E-state index is 0.441. The Kier molecular flexibility index (Phi) is 4.18. The van der Waals surface area contributed by atoms with Crippen LogP contribution in [0.3, 0.4) is 0 Å². The van der Waals surface area contributed by atoms with Crippen molar-refractivity contribution in [2.75, 3.05) is 11.4 Å². The number of para-hydroxylation sites is 2. The molecule has 1 atom stereocenters. The summed E-state index contributed by atoms with van der Waals surface area (Å²) in [5.41, 5.74) is 10.8. The third kappa shape index (κ3) is 2.66. The number of nitrogens with two attached hydrogens (primary N) is 1. The van der Waals surface area contributed by atoms with Crippen molar-refractivity contribution in [1.82, 2.24) is 0 Å². The first kappa shape index (κ1) is 14.4. The van der Waals surface area contributed by atoms with E-state index in [9.17, 15) is 0 Å². The zero-order valence-corrected chi connectivity index (χ0v) is 13.1. The van der Waals surface area contributed by atoms with E-state index >= 15 is 0 Å². The second-order valence-corrected chi connectivity index (χ2v) is 6.08. The van der Waals surface area contributed by atoms with Gasteiger partial charge in [-0.05, 0) is 56.0 Å². The van der Waals surface area contributed by atoms with Crippen molar-refractivity contribution < 1.29 is 0 Å². The maximum absolute atomic E-state index is 6.55. The topological polar surface area (TPSA) is 29.3 Å². The van der Waals surface area contributed by atoms with Crippen LogP contribution in [-0.4, -0.2) is 12.6 Å². The first-order valence-corrected chi connectivity index (χ1v) is 7.94. The van der Waals surface area contributed by atoms with E-state index in [0.29, 0.717) is 12.6 Å². The Labute approximate surface area is 131 Å². The van der Waals surface area contributed by atoms with E-state index in [0.717, 1.165) is 30.0 Å². The molecule has 0 spiro atoms. The summed E-state index contributed by atoms with van der Waals surface area (Å²) in [6.45, 7) is 2.91. The second kappa shape index (κ2) is 6.08. The summed E-state index contributed by atoms with van der Waals surface area (Å²) >= 11 is 6.55. The van der Waals surface area contributed by atoms with Crippen molar-refractivity contribution in [1.29, 1.82) is 0 Å². The van der Waals surface area contributed by atoms with Crippen molar-refractivity contribution >= 4 is 23.0 Å².